The Morgan fingerprint density at radius 2 is 0.950 bits per heavy atom. The average Bonchev–Trinajstić information content (AvgIpc) is 2.55. The molecule has 0 aliphatic carbocycles. The van der Waals surface area contributed by atoms with Crippen LogP contribution >= 0.6 is 0 Å². The Balaban J connectivity index is -0.000000368. The zero-order chi connectivity index (χ0) is 15.1. The van der Waals surface area contributed by atoms with E-state index in [0.717, 1.165) is 7.11 Å². The summed E-state index contributed by atoms with van der Waals surface area (Å²) >= 11 is 0. The van der Waals surface area contributed by atoms with E-state index in [2.05, 4.69) is 55.5 Å². The highest BCUT2D eigenvalue weighted by molar-refractivity contribution is 5.63. The molecule has 0 fully saturated rings. The number of hydrogen-bond acceptors (Lipinski definition) is 1. The first kappa shape index (κ1) is 23.5. The molecule has 0 aromatic heterocycles. The van der Waals surface area contributed by atoms with E-state index in [1.54, 1.807) is 0 Å². The lowest BCUT2D eigenvalue weighted by Crippen LogP contribution is -1.76. The smallest absolute Gasteiger partial charge is 0.0319 e. The molecule has 2 aromatic carbocycles. The maximum Gasteiger partial charge on any atom is 0.0319 e. The Hall–Kier alpha value is -1.60. The molecule has 114 valence electrons. The average molecular weight is 276 g/mol. The van der Waals surface area contributed by atoms with Crippen molar-refractivity contribution in [2.45, 2.75) is 42.0 Å². The van der Waals surface area contributed by atoms with Crippen molar-refractivity contribution in [1.82, 2.24) is 0 Å². The van der Waals surface area contributed by atoms with Crippen molar-refractivity contribution >= 4 is 0 Å². The van der Waals surface area contributed by atoms with Gasteiger partial charge in [-0.25, -0.2) is 0 Å². The predicted octanol–water partition coefficient (Wildman–Crippen LogP) is 5.96. The van der Waals surface area contributed by atoms with Crippen LogP contribution in [0, 0.1) is 6.92 Å². The molecule has 0 unspecified atom stereocenters. The van der Waals surface area contributed by atoms with Crippen LogP contribution in [0.2, 0.25) is 0 Å². The van der Waals surface area contributed by atoms with Crippen LogP contribution in [0.4, 0.5) is 0 Å². The van der Waals surface area contributed by atoms with Gasteiger partial charge in [0.1, 0.15) is 0 Å². The van der Waals surface area contributed by atoms with Gasteiger partial charge in [0.25, 0.3) is 0 Å². The van der Waals surface area contributed by atoms with E-state index in [-0.39, 0.29) is 7.43 Å². The van der Waals surface area contributed by atoms with Crippen LogP contribution in [-0.4, -0.2) is 12.2 Å². The lowest BCUT2D eigenvalue weighted by Gasteiger charge is -2.00. The zero-order valence-corrected chi connectivity index (χ0v) is 13.1. The van der Waals surface area contributed by atoms with Gasteiger partial charge in [0.05, 0.1) is 0 Å². The van der Waals surface area contributed by atoms with E-state index >= 15 is 0 Å². The van der Waals surface area contributed by atoms with Crippen LogP contribution < -0.4 is 0 Å². The number of aryl methyl sites for hydroxylation is 1. The monoisotopic (exact) mass is 276 g/mol. The van der Waals surface area contributed by atoms with Gasteiger partial charge in [-0.3, -0.25) is 0 Å². The van der Waals surface area contributed by atoms with Gasteiger partial charge in [-0.1, -0.05) is 95.3 Å². The maximum atomic E-state index is 7.00. The highest BCUT2D eigenvalue weighted by Gasteiger charge is 1.93. The molecule has 0 saturated heterocycles. The second kappa shape index (κ2) is 17.4. The molecular formula is C19H32O. The van der Waals surface area contributed by atoms with E-state index < -0.39 is 0 Å². The molecule has 0 aliphatic rings. The standard InChI is InChI=1S/C13H12.2C2H6.CH4O.CH4/c1-11-7-9-13(10-8-11)12-5-3-2-4-6-12;3*1-2;/h2-10H,1H3;2*1-2H3;2H,1H3;1H4. The summed E-state index contributed by atoms with van der Waals surface area (Å²) in [5.41, 5.74) is 3.87. The van der Waals surface area contributed by atoms with Gasteiger partial charge in [0, 0.05) is 7.11 Å². The first-order valence-electron chi connectivity index (χ1n) is 6.93. The number of hydrogen-bond donors (Lipinski definition) is 1. The van der Waals surface area contributed by atoms with E-state index in [4.69, 9.17) is 5.11 Å². The predicted molar refractivity (Wildman–Crippen MR) is 94.2 cm³/mol. The van der Waals surface area contributed by atoms with Gasteiger partial charge in [-0.2, -0.15) is 0 Å². The number of aliphatic hydroxyl groups is 1. The van der Waals surface area contributed by atoms with E-state index in [1.807, 2.05) is 33.8 Å². The molecule has 0 bridgehead atoms. The van der Waals surface area contributed by atoms with Crippen LogP contribution in [0.5, 0.6) is 0 Å². The minimum absolute atomic E-state index is 0. The van der Waals surface area contributed by atoms with Crippen molar-refractivity contribution in [2.75, 3.05) is 7.11 Å². The SMILES string of the molecule is C.CC.CC.CO.Cc1ccc(-c2ccccc2)cc1. The van der Waals surface area contributed by atoms with Crippen LogP contribution in [0.25, 0.3) is 11.1 Å². The third kappa shape index (κ3) is 9.35. The molecule has 20 heavy (non-hydrogen) atoms. The van der Waals surface area contributed by atoms with Gasteiger partial charge in [0.15, 0.2) is 0 Å². The highest BCUT2D eigenvalue weighted by atomic mass is 16.2. The fourth-order valence-electron chi connectivity index (χ4n) is 1.38. The molecule has 0 atom stereocenters. The highest BCUT2D eigenvalue weighted by Crippen LogP contribution is 2.18. The molecule has 2 aromatic rings. The lowest BCUT2D eigenvalue weighted by molar-refractivity contribution is 0.399. The van der Waals surface area contributed by atoms with Crippen molar-refractivity contribution in [3.8, 4) is 11.1 Å². The Labute approximate surface area is 126 Å². The second-order valence-electron chi connectivity index (χ2n) is 3.23. The molecule has 0 amide bonds. The molecule has 1 heteroatoms. The maximum absolute atomic E-state index is 7.00. The van der Waals surface area contributed by atoms with Crippen LogP contribution in [0.1, 0.15) is 40.7 Å². The summed E-state index contributed by atoms with van der Waals surface area (Å²) in [5, 5.41) is 7.00. The lowest BCUT2D eigenvalue weighted by atomic mass is 10.0. The number of rotatable bonds is 1. The zero-order valence-electron chi connectivity index (χ0n) is 13.1. The second-order valence-corrected chi connectivity index (χ2v) is 3.23. The van der Waals surface area contributed by atoms with Crippen LogP contribution in [0.3, 0.4) is 0 Å². The molecule has 0 radical (unpaired) electrons. The molecule has 1 N–H and O–H groups in total. The van der Waals surface area contributed by atoms with E-state index in [0.29, 0.717) is 0 Å². The normalized spacial score (nSPS) is 7.35. The molecule has 0 heterocycles. The third-order valence-electron chi connectivity index (χ3n) is 2.16. The van der Waals surface area contributed by atoms with Crippen molar-refractivity contribution in [3.63, 3.8) is 0 Å². The van der Waals surface area contributed by atoms with Crippen LogP contribution in [0.15, 0.2) is 54.6 Å². The van der Waals surface area contributed by atoms with Gasteiger partial charge in [0.2, 0.25) is 0 Å². The van der Waals surface area contributed by atoms with Crippen molar-refractivity contribution in [2.24, 2.45) is 0 Å². The van der Waals surface area contributed by atoms with Crippen molar-refractivity contribution in [3.05, 3.63) is 60.2 Å². The van der Waals surface area contributed by atoms with Crippen molar-refractivity contribution < 1.29 is 5.11 Å². The first-order chi connectivity index (χ1) is 9.36. The molecule has 2 rings (SSSR count). The van der Waals surface area contributed by atoms with E-state index in [9.17, 15) is 0 Å². The first-order valence-corrected chi connectivity index (χ1v) is 6.93. The molecule has 0 saturated carbocycles. The Kier molecular flexibility index (Phi) is 20.4. The summed E-state index contributed by atoms with van der Waals surface area (Å²) < 4.78 is 0. The third-order valence-corrected chi connectivity index (χ3v) is 2.16. The summed E-state index contributed by atoms with van der Waals surface area (Å²) in [6, 6.07) is 19.0. The largest absolute Gasteiger partial charge is 0.400 e. The fourth-order valence-corrected chi connectivity index (χ4v) is 1.38. The molecule has 1 nitrogen and oxygen atoms in total. The van der Waals surface area contributed by atoms with Gasteiger partial charge in [-0.15, -0.1) is 0 Å². The summed E-state index contributed by atoms with van der Waals surface area (Å²) in [4.78, 5) is 0. The topological polar surface area (TPSA) is 20.2 Å². The van der Waals surface area contributed by atoms with Gasteiger partial charge >= 0.3 is 0 Å². The minimum atomic E-state index is 0. The van der Waals surface area contributed by atoms with Crippen molar-refractivity contribution in [1.29, 1.82) is 0 Å². The van der Waals surface area contributed by atoms with E-state index in [1.165, 1.54) is 16.7 Å². The van der Waals surface area contributed by atoms with Crippen LogP contribution in [-0.2, 0) is 0 Å². The minimum Gasteiger partial charge on any atom is -0.400 e. The quantitative estimate of drug-likeness (QED) is 0.681. The summed E-state index contributed by atoms with van der Waals surface area (Å²) in [6.45, 7) is 10.1. The Morgan fingerprint density at radius 3 is 1.35 bits per heavy atom. The number of aliphatic hydroxyl groups excluding tert-OH is 1. The Morgan fingerprint density at radius 1 is 0.600 bits per heavy atom. The summed E-state index contributed by atoms with van der Waals surface area (Å²) in [6.07, 6.45) is 0. The molecule has 0 aliphatic heterocycles. The van der Waals surface area contributed by atoms with Gasteiger partial charge in [-0.05, 0) is 18.1 Å². The summed E-state index contributed by atoms with van der Waals surface area (Å²) in [5.74, 6) is 0. The van der Waals surface area contributed by atoms with Gasteiger partial charge < -0.3 is 5.11 Å². The molecule has 0 spiro atoms. The summed E-state index contributed by atoms with van der Waals surface area (Å²) in [7, 11) is 1.00. The Bertz CT molecular complexity index is 376. The number of benzene rings is 2. The molecular weight excluding hydrogens is 244 g/mol. The fraction of sp³-hybridized carbons (Fsp3) is 0.368.